The van der Waals surface area contributed by atoms with E-state index in [4.69, 9.17) is 55.9 Å². The molecule has 0 radical (unpaired) electrons. The van der Waals surface area contributed by atoms with Crippen LogP contribution in [0.2, 0.25) is 20.1 Å². The van der Waals surface area contributed by atoms with Crippen LogP contribution in [0.1, 0.15) is 65.5 Å². The number of halogens is 4. The minimum absolute atomic E-state index is 0.0721. The molecule has 33 heavy (non-hydrogen) atoms. The smallest absolute Gasteiger partial charge is 0.200 e. The van der Waals surface area contributed by atoms with Gasteiger partial charge in [0, 0.05) is 17.3 Å². The first-order valence-electron chi connectivity index (χ1n) is 11.0. The van der Waals surface area contributed by atoms with Crippen molar-refractivity contribution in [3.05, 3.63) is 55.5 Å². The molecule has 0 saturated heterocycles. The fraction of sp³-hybridized carbons (Fsp3) is 0.520. The van der Waals surface area contributed by atoms with E-state index in [0.29, 0.717) is 20.1 Å². The molecule has 2 aromatic rings. The van der Waals surface area contributed by atoms with Gasteiger partial charge >= 0.3 is 0 Å². The van der Waals surface area contributed by atoms with E-state index in [-0.39, 0.29) is 23.3 Å². The monoisotopic (exact) mass is 536 g/mol. The van der Waals surface area contributed by atoms with Crippen LogP contribution in [0, 0.1) is 11.8 Å². The van der Waals surface area contributed by atoms with Gasteiger partial charge in [-0.3, -0.25) is 0 Å². The summed E-state index contributed by atoms with van der Waals surface area (Å²) < 4.78 is 11.3. The molecule has 0 heterocycles. The van der Waals surface area contributed by atoms with E-state index in [9.17, 15) is 10.2 Å². The average molecular weight is 538 g/mol. The average Bonchev–Trinajstić information content (AvgIpc) is 2.76. The molecular formula is C25H32Cl4O4. The lowest BCUT2D eigenvalue weighted by Crippen LogP contribution is -2.25. The maximum atomic E-state index is 10.2. The highest BCUT2D eigenvalue weighted by Crippen LogP contribution is 2.44. The number of ether oxygens (including phenoxy) is 2. The van der Waals surface area contributed by atoms with E-state index in [2.05, 4.69) is 0 Å². The Balaban J connectivity index is 2.39. The third-order valence-corrected chi connectivity index (χ3v) is 7.30. The molecule has 0 aliphatic heterocycles. The lowest BCUT2D eigenvalue weighted by molar-refractivity contribution is -0.0580. The Kier molecular flexibility index (Phi) is 10.1. The molecule has 0 saturated carbocycles. The molecule has 8 heteroatoms. The molecule has 184 valence electrons. The molecule has 0 bridgehead atoms. The molecule has 0 aromatic heterocycles. The van der Waals surface area contributed by atoms with E-state index in [1.165, 1.54) is 0 Å². The predicted molar refractivity (Wildman–Crippen MR) is 137 cm³/mol. The number of hydrogen-bond donors (Lipinski definition) is 2. The Morgan fingerprint density at radius 3 is 1.21 bits per heavy atom. The second kappa shape index (κ2) is 11.7. The number of aliphatic hydroxyl groups is 2. The maximum Gasteiger partial charge on any atom is 0.200 e. The van der Waals surface area contributed by atoms with Gasteiger partial charge in [0.1, 0.15) is 0 Å². The van der Waals surface area contributed by atoms with Crippen LogP contribution in [0.4, 0.5) is 0 Å². The van der Waals surface area contributed by atoms with Gasteiger partial charge in [0.25, 0.3) is 0 Å². The summed E-state index contributed by atoms with van der Waals surface area (Å²) in [4.78, 5) is 0. The number of aliphatic hydroxyl groups excluding tert-OH is 2. The number of benzene rings is 2. The molecule has 4 atom stereocenters. The summed E-state index contributed by atoms with van der Waals surface area (Å²) in [5, 5.41) is 21.6. The highest BCUT2D eigenvalue weighted by Gasteiger charge is 2.29. The third kappa shape index (κ3) is 6.62. The Morgan fingerprint density at radius 1 is 0.697 bits per heavy atom. The van der Waals surface area contributed by atoms with Gasteiger partial charge < -0.3 is 19.7 Å². The van der Waals surface area contributed by atoms with Crippen LogP contribution in [-0.4, -0.2) is 22.8 Å². The van der Waals surface area contributed by atoms with Crippen LogP contribution in [0.25, 0.3) is 0 Å². The topological polar surface area (TPSA) is 58.9 Å². The normalized spacial score (nSPS) is 15.6. The summed E-state index contributed by atoms with van der Waals surface area (Å²) in [6, 6.07) is 7.02. The molecule has 0 amide bonds. The number of hydrogen-bond acceptors (Lipinski definition) is 4. The lowest BCUT2D eigenvalue weighted by atomic mass is 9.78. The largest absolute Gasteiger partial charge is 0.462 e. The van der Waals surface area contributed by atoms with Gasteiger partial charge in [0.05, 0.1) is 20.1 Å². The van der Waals surface area contributed by atoms with Crippen molar-refractivity contribution in [1.82, 2.24) is 0 Å². The van der Waals surface area contributed by atoms with Crippen molar-refractivity contribution in [2.75, 3.05) is 0 Å². The van der Waals surface area contributed by atoms with E-state index >= 15 is 0 Å². The maximum absolute atomic E-state index is 10.2. The van der Waals surface area contributed by atoms with Gasteiger partial charge in [-0.2, -0.15) is 0 Å². The van der Waals surface area contributed by atoms with Gasteiger partial charge in [-0.15, -0.1) is 0 Å². The van der Waals surface area contributed by atoms with Gasteiger partial charge in [-0.05, 0) is 48.2 Å². The summed E-state index contributed by atoms with van der Waals surface area (Å²) in [7, 11) is 0. The molecule has 2 N–H and O–H groups in total. The zero-order valence-electron chi connectivity index (χ0n) is 19.8. The second-order valence-corrected chi connectivity index (χ2v) is 10.6. The van der Waals surface area contributed by atoms with Crippen molar-refractivity contribution in [2.45, 2.75) is 72.4 Å². The minimum atomic E-state index is -1.01. The molecule has 0 fully saturated rings. The number of rotatable bonds is 10. The molecular weight excluding hydrogens is 506 g/mol. The molecule has 4 unspecified atom stereocenters. The van der Waals surface area contributed by atoms with Gasteiger partial charge in [0.2, 0.25) is 0 Å². The second-order valence-electron chi connectivity index (χ2n) is 8.95. The fourth-order valence-corrected chi connectivity index (χ4v) is 4.26. The van der Waals surface area contributed by atoms with Crippen molar-refractivity contribution in [1.29, 1.82) is 0 Å². The van der Waals surface area contributed by atoms with Crippen LogP contribution < -0.4 is 9.47 Å². The van der Waals surface area contributed by atoms with E-state index in [0.717, 1.165) is 24.0 Å². The zero-order valence-corrected chi connectivity index (χ0v) is 22.8. The summed E-state index contributed by atoms with van der Waals surface area (Å²) in [5.74, 6) is 0.336. The summed E-state index contributed by atoms with van der Waals surface area (Å²) in [6.07, 6.45) is -0.534. The Hall–Kier alpha value is -0.880. The van der Waals surface area contributed by atoms with Gasteiger partial charge in [-0.25, -0.2) is 0 Å². The van der Waals surface area contributed by atoms with Gasteiger partial charge in [0.15, 0.2) is 24.1 Å². The van der Waals surface area contributed by atoms with Crippen LogP contribution >= 0.6 is 46.4 Å². The van der Waals surface area contributed by atoms with Crippen LogP contribution in [0.3, 0.4) is 0 Å². The van der Waals surface area contributed by atoms with Crippen LogP contribution in [0.5, 0.6) is 11.5 Å². The van der Waals surface area contributed by atoms with Crippen molar-refractivity contribution < 1.29 is 19.7 Å². The molecule has 0 spiro atoms. The van der Waals surface area contributed by atoms with Crippen LogP contribution in [0.15, 0.2) is 24.3 Å². The molecule has 0 aliphatic carbocycles. The Bertz CT molecular complexity index is 842. The third-order valence-electron chi connectivity index (χ3n) is 6.18. The molecule has 2 aromatic carbocycles. The summed E-state index contributed by atoms with van der Waals surface area (Å²) in [6.45, 7) is 11.7. The Labute approximate surface area is 216 Å². The molecule has 4 nitrogen and oxygen atoms in total. The van der Waals surface area contributed by atoms with E-state index < -0.39 is 18.0 Å². The standard InChI is InChI=1S/C25H32Cl4O4/c1-7-13(3)23(30)32-21-17(26)9-15(10-18(21)27)25(5,6)16-11-19(28)22(20(29)12-16)33-24(31)14(4)8-2/h9-14,23-24,30-31H,7-8H2,1-6H3. The van der Waals surface area contributed by atoms with Crippen molar-refractivity contribution in [3.63, 3.8) is 0 Å². The fourth-order valence-electron chi connectivity index (χ4n) is 3.11. The highest BCUT2D eigenvalue weighted by atomic mass is 35.5. The summed E-state index contributed by atoms with van der Waals surface area (Å²) in [5.41, 5.74) is 1.04. The lowest BCUT2D eigenvalue weighted by Gasteiger charge is -2.29. The summed E-state index contributed by atoms with van der Waals surface area (Å²) >= 11 is 26.0. The van der Waals surface area contributed by atoms with E-state index in [1.54, 1.807) is 24.3 Å². The van der Waals surface area contributed by atoms with Crippen molar-refractivity contribution in [2.24, 2.45) is 11.8 Å². The first-order valence-corrected chi connectivity index (χ1v) is 12.5. The molecule has 0 aliphatic rings. The first kappa shape index (κ1) is 28.4. The van der Waals surface area contributed by atoms with E-state index in [1.807, 2.05) is 41.5 Å². The zero-order chi connectivity index (χ0) is 25.1. The SMILES string of the molecule is CCC(C)C(O)Oc1c(Cl)cc(C(C)(C)c2cc(Cl)c(OC(O)C(C)CC)c(Cl)c2)cc1Cl. The van der Waals surface area contributed by atoms with Crippen LogP contribution in [-0.2, 0) is 5.41 Å². The predicted octanol–water partition coefficient (Wildman–Crippen LogP) is 8.11. The highest BCUT2D eigenvalue weighted by molar-refractivity contribution is 6.38. The quantitative estimate of drug-likeness (QED) is 0.300. The Morgan fingerprint density at radius 2 is 0.970 bits per heavy atom. The minimum Gasteiger partial charge on any atom is -0.462 e. The molecule has 2 rings (SSSR count). The van der Waals surface area contributed by atoms with Gasteiger partial charge in [-0.1, -0.05) is 87.9 Å². The van der Waals surface area contributed by atoms with Crippen molar-refractivity contribution >= 4 is 46.4 Å². The van der Waals surface area contributed by atoms with Crippen molar-refractivity contribution in [3.8, 4) is 11.5 Å². The first-order chi connectivity index (χ1) is 15.3.